The molecule has 0 radical (unpaired) electrons. The molecule has 1 heterocycles. The fraction of sp³-hybridized carbons (Fsp3) is 0.0769. The van der Waals surface area contributed by atoms with Gasteiger partial charge in [-0.15, -0.1) is 0 Å². The Morgan fingerprint density at radius 3 is 2.88 bits per heavy atom. The van der Waals surface area contributed by atoms with E-state index in [9.17, 15) is 4.79 Å². The Hall–Kier alpha value is -2.36. The molecule has 0 N–H and O–H groups in total. The van der Waals surface area contributed by atoms with Crippen molar-refractivity contribution in [3.63, 3.8) is 0 Å². The second kappa shape index (κ2) is 3.59. The third kappa shape index (κ3) is 1.54. The molecule has 0 saturated carbocycles. The lowest BCUT2D eigenvalue weighted by molar-refractivity contribution is 0.412. The molecule has 0 aromatic heterocycles. The van der Waals surface area contributed by atoms with Crippen LogP contribution in [0.15, 0.2) is 45.6 Å². The van der Waals surface area contributed by atoms with Crippen LogP contribution in [0.5, 0.6) is 5.75 Å². The Morgan fingerprint density at radius 1 is 1.24 bits per heavy atom. The van der Waals surface area contributed by atoms with Gasteiger partial charge in [0.05, 0.1) is 7.11 Å². The lowest BCUT2D eigenvalue weighted by Gasteiger charge is -2.09. The molecule has 1 aliphatic heterocycles. The van der Waals surface area contributed by atoms with E-state index in [2.05, 4.69) is 4.98 Å². The van der Waals surface area contributed by atoms with Gasteiger partial charge in [0.2, 0.25) is 0 Å². The maximum absolute atomic E-state index is 11.4. The number of rotatable bonds is 1. The molecule has 4 nitrogen and oxygen atoms in total. The Labute approximate surface area is 96.8 Å². The highest BCUT2D eigenvalue weighted by Crippen LogP contribution is 2.30. The van der Waals surface area contributed by atoms with Crippen LogP contribution in [0.2, 0.25) is 0 Å². The van der Waals surface area contributed by atoms with Crippen molar-refractivity contribution >= 4 is 11.1 Å². The lowest BCUT2D eigenvalue weighted by atomic mass is 10.2. The molecule has 3 rings (SSSR count). The maximum Gasteiger partial charge on any atom is 0.186 e. The number of hydrogen-bond donors (Lipinski definition) is 0. The summed E-state index contributed by atoms with van der Waals surface area (Å²) in [6.07, 6.45) is 0. The number of methoxy groups -OCH3 is 1. The Kier molecular flexibility index (Phi) is 2.08. The van der Waals surface area contributed by atoms with Gasteiger partial charge in [0, 0.05) is 12.1 Å². The van der Waals surface area contributed by atoms with Crippen LogP contribution in [0.4, 0.5) is 0 Å². The number of ether oxygens (including phenoxy) is 1. The van der Waals surface area contributed by atoms with Gasteiger partial charge in [0.25, 0.3) is 0 Å². The van der Waals surface area contributed by atoms with Gasteiger partial charge in [0.1, 0.15) is 11.2 Å². The van der Waals surface area contributed by atoms with Crippen LogP contribution in [-0.2, 0) is 0 Å². The maximum atomic E-state index is 11.4. The summed E-state index contributed by atoms with van der Waals surface area (Å²) in [5, 5.41) is 0. The van der Waals surface area contributed by atoms with Crippen molar-refractivity contribution in [1.82, 2.24) is 4.98 Å². The Morgan fingerprint density at radius 2 is 2.06 bits per heavy atom. The summed E-state index contributed by atoms with van der Waals surface area (Å²) in [5.41, 5.74) is 1.78. The van der Waals surface area contributed by atoms with Gasteiger partial charge in [-0.25, -0.2) is 4.98 Å². The van der Waals surface area contributed by atoms with Crippen molar-refractivity contribution in [2.75, 3.05) is 7.11 Å². The first-order valence-electron chi connectivity index (χ1n) is 5.15. The number of fused-ring (bicyclic) bond motifs is 2. The number of para-hydroxylation sites is 2. The smallest absolute Gasteiger partial charge is 0.186 e. The van der Waals surface area contributed by atoms with Gasteiger partial charge in [-0.05, 0) is 12.1 Å². The summed E-state index contributed by atoms with van der Waals surface area (Å²) in [4.78, 5) is 15.9. The number of hydrogen-bond acceptors (Lipinski definition) is 4. The van der Waals surface area contributed by atoms with E-state index >= 15 is 0 Å². The van der Waals surface area contributed by atoms with Gasteiger partial charge in [-0.1, -0.05) is 12.1 Å². The summed E-state index contributed by atoms with van der Waals surface area (Å²) in [6, 6.07) is 10.2. The van der Waals surface area contributed by atoms with Crippen molar-refractivity contribution in [3.8, 4) is 17.2 Å². The lowest BCUT2D eigenvalue weighted by Crippen LogP contribution is -2.03. The van der Waals surface area contributed by atoms with Gasteiger partial charge >= 0.3 is 0 Å². The van der Waals surface area contributed by atoms with Gasteiger partial charge < -0.3 is 9.15 Å². The van der Waals surface area contributed by atoms with Gasteiger partial charge in [0.15, 0.2) is 22.5 Å². The molecule has 0 unspecified atom stereocenters. The summed E-state index contributed by atoms with van der Waals surface area (Å²) >= 11 is 0. The highest BCUT2D eigenvalue weighted by atomic mass is 16.5. The summed E-state index contributed by atoms with van der Waals surface area (Å²) in [6.45, 7) is 0. The first kappa shape index (κ1) is 9.84. The molecule has 84 valence electrons. The largest absolute Gasteiger partial charge is 0.494 e. The molecule has 1 aromatic rings. The third-order valence-electron chi connectivity index (χ3n) is 2.55. The van der Waals surface area contributed by atoms with Crippen LogP contribution in [0.3, 0.4) is 0 Å². The topological polar surface area (TPSA) is 52.3 Å². The van der Waals surface area contributed by atoms with E-state index in [-0.39, 0.29) is 5.43 Å². The molecule has 0 amide bonds. The molecular formula is C13H9NO3. The van der Waals surface area contributed by atoms with E-state index in [0.29, 0.717) is 22.8 Å². The van der Waals surface area contributed by atoms with E-state index in [1.54, 1.807) is 0 Å². The number of benzene rings is 2. The molecule has 1 aliphatic carbocycles. The minimum absolute atomic E-state index is 0.157. The zero-order valence-electron chi connectivity index (χ0n) is 9.14. The molecule has 0 bridgehead atoms. The first-order chi connectivity index (χ1) is 8.28. The molecule has 0 fully saturated rings. The molecule has 4 heteroatoms. The second-order valence-corrected chi connectivity index (χ2v) is 3.65. The summed E-state index contributed by atoms with van der Waals surface area (Å²) in [5.74, 6) is 0.870. The van der Waals surface area contributed by atoms with E-state index in [0.717, 1.165) is 5.52 Å². The average Bonchev–Trinajstić information content (AvgIpc) is 2.35. The molecule has 1 aromatic carbocycles. The van der Waals surface area contributed by atoms with Crippen LogP contribution in [0, 0.1) is 0 Å². The van der Waals surface area contributed by atoms with Crippen molar-refractivity contribution in [3.05, 3.63) is 46.6 Å². The Bertz CT molecular complexity index is 717. The van der Waals surface area contributed by atoms with Crippen LogP contribution < -0.4 is 10.2 Å². The van der Waals surface area contributed by atoms with Gasteiger partial charge in [-0.2, -0.15) is 0 Å². The summed E-state index contributed by atoms with van der Waals surface area (Å²) in [7, 11) is 1.51. The predicted octanol–water partition coefficient (Wildman–Crippen LogP) is 2.30. The average molecular weight is 227 g/mol. The summed E-state index contributed by atoms with van der Waals surface area (Å²) < 4.78 is 10.8. The number of aromatic nitrogens is 1. The van der Waals surface area contributed by atoms with E-state index in [1.165, 1.54) is 19.2 Å². The van der Waals surface area contributed by atoms with E-state index in [1.807, 2.05) is 24.3 Å². The minimum atomic E-state index is -0.157. The molecule has 17 heavy (non-hydrogen) atoms. The van der Waals surface area contributed by atoms with Crippen LogP contribution in [-0.4, -0.2) is 12.1 Å². The zero-order chi connectivity index (χ0) is 11.8. The monoisotopic (exact) mass is 227 g/mol. The highest BCUT2D eigenvalue weighted by Gasteiger charge is 2.15. The molecule has 2 aliphatic rings. The highest BCUT2D eigenvalue weighted by molar-refractivity contribution is 5.77. The van der Waals surface area contributed by atoms with Crippen molar-refractivity contribution < 1.29 is 9.15 Å². The quantitative estimate of drug-likeness (QED) is 0.598. The first-order valence-corrected chi connectivity index (χ1v) is 5.15. The third-order valence-corrected chi connectivity index (χ3v) is 2.55. The van der Waals surface area contributed by atoms with Crippen molar-refractivity contribution in [1.29, 1.82) is 0 Å². The van der Waals surface area contributed by atoms with Crippen molar-refractivity contribution in [2.24, 2.45) is 0 Å². The minimum Gasteiger partial charge on any atom is -0.494 e. The normalized spacial score (nSPS) is 10.9. The van der Waals surface area contributed by atoms with Gasteiger partial charge in [-0.3, -0.25) is 4.79 Å². The van der Waals surface area contributed by atoms with Crippen molar-refractivity contribution in [2.45, 2.75) is 0 Å². The van der Waals surface area contributed by atoms with Crippen LogP contribution in [0.1, 0.15) is 0 Å². The molecule has 0 spiro atoms. The standard InChI is InChI=1S/C13H9NO3/c1-16-11-6-8(15)7-12-13(11)14-9-4-2-3-5-10(9)17-12/h2-7H,1H3. The number of nitrogens with zero attached hydrogens (tertiary/aromatic N) is 1. The fourth-order valence-electron chi connectivity index (χ4n) is 1.78. The zero-order valence-corrected chi connectivity index (χ0v) is 9.14. The van der Waals surface area contributed by atoms with Crippen LogP contribution >= 0.6 is 0 Å². The SMILES string of the molecule is COc1cc(=O)cc2oc3ccccc3nc1-2. The molecular weight excluding hydrogens is 218 g/mol. The second-order valence-electron chi connectivity index (χ2n) is 3.65. The Balaban J connectivity index is 2.47. The van der Waals surface area contributed by atoms with E-state index < -0.39 is 0 Å². The fourth-order valence-corrected chi connectivity index (χ4v) is 1.78. The molecule has 0 saturated heterocycles. The predicted molar refractivity (Wildman–Crippen MR) is 63.5 cm³/mol. The molecule has 0 atom stereocenters. The van der Waals surface area contributed by atoms with E-state index in [4.69, 9.17) is 9.15 Å². The van der Waals surface area contributed by atoms with Crippen LogP contribution in [0.25, 0.3) is 22.6 Å².